The second-order valence-electron chi connectivity index (χ2n) is 5.67. The topological polar surface area (TPSA) is 46.3 Å². The highest BCUT2D eigenvalue weighted by Gasteiger charge is 2.25. The maximum atomic E-state index is 12.6. The van der Waals surface area contributed by atoms with Gasteiger partial charge in [0.2, 0.25) is 5.91 Å². The monoisotopic (exact) mass is 350 g/mol. The molecule has 0 spiro atoms. The molecule has 2 aromatic carbocycles. The van der Waals surface area contributed by atoms with Crippen molar-refractivity contribution in [1.29, 1.82) is 0 Å². The third-order valence-electron chi connectivity index (χ3n) is 3.89. The van der Waals surface area contributed by atoms with Gasteiger partial charge in [-0.15, -0.1) is 0 Å². The zero-order valence-corrected chi connectivity index (χ0v) is 14.7. The van der Waals surface area contributed by atoms with Crippen LogP contribution in [0.25, 0.3) is 0 Å². The van der Waals surface area contributed by atoms with Crippen molar-refractivity contribution in [3.63, 3.8) is 0 Å². The van der Waals surface area contributed by atoms with Gasteiger partial charge < -0.3 is 10.6 Å². The molecule has 0 aliphatic carbocycles. The Morgan fingerprint density at radius 1 is 1.13 bits per heavy atom. The van der Waals surface area contributed by atoms with E-state index in [2.05, 4.69) is 0 Å². The first-order valence-electron chi connectivity index (χ1n) is 7.39. The maximum absolute atomic E-state index is 12.6. The van der Waals surface area contributed by atoms with Gasteiger partial charge in [-0.25, -0.2) is 0 Å². The van der Waals surface area contributed by atoms with Crippen molar-refractivity contribution in [2.75, 3.05) is 7.05 Å². The summed E-state index contributed by atoms with van der Waals surface area (Å²) in [6, 6.07) is 14.7. The van der Waals surface area contributed by atoms with Gasteiger partial charge in [-0.2, -0.15) is 0 Å². The van der Waals surface area contributed by atoms with Crippen LogP contribution in [0.4, 0.5) is 0 Å². The first-order chi connectivity index (χ1) is 10.9. The molecule has 2 rings (SSSR count). The molecule has 0 bridgehead atoms. The van der Waals surface area contributed by atoms with Gasteiger partial charge in [0.15, 0.2) is 0 Å². The SMILES string of the molecule is CC(C(=O)N(C)Cc1ccc(Cl)c(Cl)c1)C(N)c1ccccc1. The molecule has 3 nitrogen and oxygen atoms in total. The molecule has 5 heteroatoms. The third kappa shape index (κ3) is 4.47. The van der Waals surface area contributed by atoms with E-state index >= 15 is 0 Å². The molecule has 0 aromatic heterocycles. The number of amides is 1. The molecule has 2 atom stereocenters. The summed E-state index contributed by atoms with van der Waals surface area (Å²) < 4.78 is 0. The molecule has 2 N–H and O–H groups in total. The Hall–Kier alpha value is -1.55. The van der Waals surface area contributed by atoms with E-state index in [1.54, 1.807) is 24.1 Å². The molecular weight excluding hydrogens is 331 g/mol. The van der Waals surface area contributed by atoms with Crippen LogP contribution in [0, 0.1) is 5.92 Å². The lowest BCUT2D eigenvalue weighted by Crippen LogP contribution is -2.36. The Kier molecular flexibility index (Phi) is 6.05. The zero-order chi connectivity index (χ0) is 17.0. The van der Waals surface area contributed by atoms with Gasteiger partial charge >= 0.3 is 0 Å². The van der Waals surface area contributed by atoms with Crippen LogP contribution >= 0.6 is 23.2 Å². The van der Waals surface area contributed by atoms with E-state index < -0.39 is 0 Å². The standard InChI is InChI=1S/C18H20Cl2N2O/c1-12(17(21)14-6-4-3-5-7-14)18(23)22(2)11-13-8-9-15(19)16(20)10-13/h3-10,12,17H,11,21H2,1-2H3. The summed E-state index contributed by atoms with van der Waals surface area (Å²) in [4.78, 5) is 14.3. The number of halogens is 2. The van der Waals surface area contributed by atoms with Crippen LogP contribution < -0.4 is 5.73 Å². The second kappa shape index (κ2) is 7.82. The van der Waals surface area contributed by atoms with Crippen molar-refractivity contribution in [2.24, 2.45) is 11.7 Å². The van der Waals surface area contributed by atoms with Crippen molar-refractivity contribution in [1.82, 2.24) is 4.90 Å². The summed E-state index contributed by atoms with van der Waals surface area (Å²) >= 11 is 11.9. The average Bonchev–Trinajstić information content (AvgIpc) is 2.57. The number of benzene rings is 2. The average molecular weight is 351 g/mol. The summed E-state index contributed by atoms with van der Waals surface area (Å²) in [5, 5.41) is 0.989. The molecule has 0 aliphatic rings. The first kappa shape index (κ1) is 17.8. The van der Waals surface area contributed by atoms with E-state index in [1.165, 1.54) is 0 Å². The summed E-state index contributed by atoms with van der Waals surface area (Å²) in [6.45, 7) is 2.31. The van der Waals surface area contributed by atoms with Gasteiger partial charge in [-0.1, -0.05) is 66.5 Å². The highest BCUT2D eigenvalue weighted by atomic mass is 35.5. The van der Waals surface area contributed by atoms with Crippen molar-refractivity contribution < 1.29 is 4.79 Å². The van der Waals surface area contributed by atoms with E-state index in [1.807, 2.05) is 43.3 Å². The van der Waals surface area contributed by atoms with Gasteiger partial charge in [0.1, 0.15) is 0 Å². The first-order valence-corrected chi connectivity index (χ1v) is 8.15. The summed E-state index contributed by atoms with van der Waals surface area (Å²) in [5.41, 5.74) is 8.11. The highest BCUT2D eigenvalue weighted by molar-refractivity contribution is 6.42. The Balaban J connectivity index is 2.05. The molecule has 0 fully saturated rings. The quantitative estimate of drug-likeness (QED) is 0.874. The number of hydrogen-bond donors (Lipinski definition) is 1. The summed E-state index contributed by atoms with van der Waals surface area (Å²) in [6.07, 6.45) is 0. The molecule has 23 heavy (non-hydrogen) atoms. The molecule has 0 heterocycles. The largest absolute Gasteiger partial charge is 0.341 e. The van der Waals surface area contributed by atoms with Gasteiger partial charge in [0.25, 0.3) is 0 Å². The lowest BCUT2D eigenvalue weighted by Gasteiger charge is -2.25. The molecule has 0 saturated carbocycles. The van der Waals surface area contributed by atoms with Crippen LogP contribution in [0.3, 0.4) is 0 Å². The van der Waals surface area contributed by atoms with Crippen LogP contribution in [0.2, 0.25) is 10.0 Å². The van der Waals surface area contributed by atoms with Crippen molar-refractivity contribution in [2.45, 2.75) is 19.5 Å². The fraction of sp³-hybridized carbons (Fsp3) is 0.278. The number of hydrogen-bond acceptors (Lipinski definition) is 2. The number of carbonyl (C=O) groups is 1. The fourth-order valence-electron chi connectivity index (χ4n) is 2.45. The number of carbonyl (C=O) groups excluding carboxylic acids is 1. The van der Waals surface area contributed by atoms with Crippen molar-refractivity contribution >= 4 is 29.1 Å². The number of nitrogens with zero attached hydrogens (tertiary/aromatic N) is 1. The smallest absolute Gasteiger partial charge is 0.227 e. The van der Waals surface area contributed by atoms with Crippen LogP contribution in [0.15, 0.2) is 48.5 Å². The van der Waals surface area contributed by atoms with Crippen molar-refractivity contribution in [3.05, 3.63) is 69.7 Å². The molecule has 122 valence electrons. The Morgan fingerprint density at radius 2 is 1.78 bits per heavy atom. The Morgan fingerprint density at radius 3 is 2.39 bits per heavy atom. The molecule has 0 saturated heterocycles. The Bertz CT molecular complexity index is 676. The van der Waals surface area contributed by atoms with Crippen LogP contribution in [-0.2, 0) is 11.3 Å². The van der Waals surface area contributed by atoms with Gasteiger partial charge in [-0.3, -0.25) is 4.79 Å². The zero-order valence-electron chi connectivity index (χ0n) is 13.2. The van der Waals surface area contributed by atoms with Gasteiger partial charge in [-0.05, 0) is 23.3 Å². The molecule has 2 unspecified atom stereocenters. The molecule has 1 amide bonds. The molecule has 0 aliphatic heterocycles. The minimum atomic E-state index is -0.333. The number of nitrogens with two attached hydrogens (primary N) is 1. The van der Waals surface area contributed by atoms with E-state index in [9.17, 15) is 4.79 Å². The lowest BCUT2D eigenvalue weighted by atomic mass is 9.94. The highest BCUT2D eigenvalue weighted by Crippen LogP contribution is 2.24. The van der Waals surface area contributed by atoms with Crippen molar-refractivity contribution in [3.8, 4) is 0 Å². The maximum Gasteiger partial charge on any atom is 0.227 e. The minimum Gasteiger partial charge on any atom is -0.341 e. The van der Waals surface area contributed by atoms with E-state index in [4.69, 9.17) is 28.9 Å². The van der Waals surface area contributed by atoms with E-state index in [-0.39, 0.29) is 17.9 Å². The molecule has 2 aromatic rings. The fourth-order valence-corrected chi connectivity index (χ4v) is 2.78. The number of rotatable bonds is 5. The summed E-state index contributed by atoms with van der Waals surface area (Å²) in [7, 11) is 1.76. The second-order valence-corrected chi connectivity index (χ2v) is 6.48. The Labute approximate surface area is 147 Å². The lowest BCUT2D eigenvalue weighted by molar-refractivity contribution is -0.134. The molecule has 0 radical (unpaired) electrons. The van der Waals surface area contributed by atoms with E-state index in [0.717, 1.165) is 11.1 Å². The molecular formula is C18H20Cl2N2O. The van der Waals surface area contributed by atoms with E-state index in [0.29, 0.717) is 16.6 Å². The predicted molar refractivity (Wildman–Crippen MR) is 95.5 cm³/mol. The normalized spacial score (nSPS) is 13.4. The van der Waals surface area contributed by atoms with Crippen LogP contribution in [0.5, 0.6) is 0 Å². The summed E-state index contributed by atoms with van der Waals surface area (Å²) in [5.74, 6) is -0.322. The minimum absolute atomic E-state index is 0.00701. The van der Waals surface area contributed by atoms with Gasteiger partial charge in [0.05, 0.1) is 16.0 Å². The predicted octanol–water partition coefficient (Wildman–Crippen LogP) is 4.29. The van der Waals surface area contributed by atoms with Gasteiger partial charge in [0, 0.05) is 19.6 Å². The van der Waals surface area contributed by atoms with Crippen LogP contribution in [0.1, 0.15) is 24.1 Å². The third-order valence-corrected chi connectivity index (χ3v) is 4.63. The van der Waals surface area contributed by atoms with Crippen LogP contribution in [-0.4, -0.2) is 17.9 Å².